The Bertz CT molecular complexity index is 344. The van der Waals surface area contributed by atoms with Gasteiger partial charge in [-0.2, -0.15) is 0 Å². The number of alkyl halides is 1. The Morgan fingerprint density at radius 3 is 3.21 bits per heavy atom. The number of fused-ring (bicyclic) bond motifs is 1. The van der Waals surface area contributed by atoms with Gasteiger partial charge < -0.3 is 5.32 Å². The van der Waals surface area contributed by atoms with E-state index in [4.69, 9.17) is 11.6 Å². The van der Waals surface area contributed by atoms with Crippen molar-refractivity contribution in [2.24, 2.45) is 0 Å². The molecule has 0 saturated heterocycles. The Labute approximate surface area is 89.8 Å². The van der Waals surface area contributed by atoms with Crippen molar-refractivity contribution in [1.29, 1.82) is 0 Å². The van der Waals surface area contributed by atoms with Crippen molar-refractivity contribution in [3.63, 3.8) is 0 Å². The number of rotatable bonds is 2. The SMILES string of the molecule is ClCC=Cc1cccc2c1CCNC2. The summed E-state index contributed by atoms with van der Waals surface area (Å²) in [5.41, 5.74) is 4.23. The molecule has 0 saturated carbocycles. The topological polar surface area (TPSA) is 12.0 Å². The van der Waals surface area contributed by atoms with Crippen LogP contribution in [0.1, 0.15) is 16.7 Å². The third-order valence-electron chi connectivity index (χ3n) is 2.56. The lowest BCUT2D eigenvalue weighted by atomic mass is 9.95. The number of benzene rings is 1. The number of hydrogen-bond donors (Lipinski definition) is 1. The lowest BCUT2D eigenvalue weighted by molar-refractivity contribution is 0.643. The molecule has 2 rings (SSSR count). The van der Waals surface area contributed by atoms with Gasteiger partial charge in [-0.15, -0.1) is 11.6 Å². The van der Waals surface area contributed by atoms with Gasteiger partial charge in [0.15, 0.2) is 0 Å². The number of hydrogen-bond acceptors (Lipinski definition) is 1. The zero-order chi connectivity index (χ0) is 9.80. The lowest BCUT2D eigenvalue weighted by Crippen LogP contribution is -2.24. The molecule has 0 amide bonds. The molecule has 0 unspecified atom stereocenters. The van der Waals surface area contributed by atoms with E-state index in [1.807, 2.05) is 6.08 Å². The third-order valence-corrected chi connectivity index (χ3v) is 2.74. The molecule has 1 nitrogen and oxygen atoms in total. The van der Waals surface area contributed by atoms with Gasteiger partial charge in [-0.1, -0.05) is 30.4 Å². The second-order valence-electron chi connectivity index (χ2n) is 3.47. The Balaban J connectivity index is 2.35. The maximum absolute atomic E-state index is 5.64. The predicted octanol–water partition coefficient (Wildman–Crippen LogP) is 2.58. The molecule has 0 atom stereocenters. The summed E-state index contributed by atoms with van der Waals surface area (Å²) >= 11 is 5.64. The van der Waals surface area contributed by atoms with E-state index in [-0.39, 0.29) is 0 Å². The van der Waals surface area contributed by atoms with E-state index >= 15 is 0 Å². The Morgan fingerprint density at radius 2 is 2.36 bits per heavy atom. The predicted molar refractivity (Wildman–Crippen MR) is 61.6 cm³/mol. The van der Waals surface area contributed by atoms with Gasteiger partial charge in [0.1, 0.15) is 0 Å². The molecule has 0 bridgehead atoms. The van der Waals surface area contributed by atoms with Gasteiger partial charge >= 0.3 is 0 Å². The fourth-order valence-electron chi connectivity index (χ4n) is 1.89. The molecule has 1 aliphatic rings. The molecule has 0 aliphatic carbocycles. The molecule has 1 heterocycles. The van der Waals surface area contributed by atoms with Crippen LogP contribution >= 0.6 is 11.6 Å². The molecular formula is C12H14ClN. The molecule has 1 N–H and O–H groups in total. The molecule has 0 spiro atoms. The van der Waals surface area contributed by atoms with Gasteiger partial charge in [0.2, 0.25) is 0 Å². The maximum Gasteiger partial charge on any atom is 0.0407 e. The van der Waals surface area contributed by atoms with Crippen LogP contribution < -0.4 is 5.32 Å². The zero-order valence-electron chi connectivity index (χ0n) is 8.09. The minimum Gasteiger partial charge on any atom is -0.312 e. The first-order valence-corrected chi connectivity index (χ1v) is 5.49. The second kappa shape index (κ2) is 4.63. The van der Waals surface area contributed by atoms with Crippen molar-refractivity contribution in [2.75, 3.05) is 12.4 Å². The fraction of sp³-hybridized carbons (Fsp3) is 0.333. The largest absolute Gasteiger partial charge is 0.312 e. The van der Waals surface area contributed by atoms with Crippen LogP contribution in [0.15, 0.2) is 24.3 Å². The van der Waals surface area contributed by atoms with Crippen molar-refractivity contribution >= 4 is 17.7 Å². The van der Waals surface area contributed by atoms with Gasteiger partial charge in [-0.05, 0) is 29.7 Å². The summed E-state index contributed by atoms with van der Waals surface area (Å²) in [6.07, 6.45) is 5.24. The summed E-state index contributed by atoms with van der Waals surface area (Å²) in [5.74, 6) is 0.585. The van der Waals surface area contributed by atoms with Gasteiger partial charge in [0.25, 0.3) is 0 Å². The number of allylic oxidation sites excluding steroid dienone is 1. The molecule has 1 aliphatic heterocycles. The second-order valence-corrected chi connectivity index (χ2v) is 3.78. The lowest BCUT2D eigenvalue weighted by Gasteiger charge is -2.18. The van der Waals surface area contributed by atoms with E-state index in [1.165, 1.54) is 16.7 Å². The standard InChI is InChI=1S/C12H14ClN/c13-7-2-5-10-3-1-4-11-9-14-8-6-12(10)11/h1-5,14H,6-9H2. The highest BCUT2D eigenvalue weighted by Gasteiger charge is 2.09. The Kier molecular flexibility index (Phi) is 3.22. The van der Waals surface area contributed by atoms with E-state index in [1.54, 1.807) is 0 Å². The minimum atomic E-state index is 0.585. The number of halogens is 1. The van der Waals surface area contributed by atoms with E-state index in [9.17, 15) is 0 Å². The van der Waals surface area contributed by atoms with Crippen molar-refractivity contribution < 1.29 is 0 Å². The average Bonchev–Trinajstić information content (AvgIpc) is 2.26. The van der Waals surface area contributed by atoms with Crippen LogP contribution in [0.3, 0.4) is 0 Å². The van der Waals surface area contributed by atoms with Crippen LogP contribution in [0.25, 0.3) is 6.08 Å². The number of nitrogens with one attached hydrogen (secondary N) is 1. The summed E-state index contributed by atoms with van der Waals surface area (Å²) in [7, 11) is 0. The molecule has 1 aromatic rings. The van der Waals surface area contributed by atoms with Gasteiger partial charge in [0, 0.05) is 12.4 Å². The van der Waals surface area contributed by atoms with Crippen molar-refractivity contribution in [3.8, 4) is 0 Å². The molecule has 14 heavy (non-hydrogen) atoms. The highest BCUT2D eigenvalue weighted by atomic mass is 35.5. The summed E-state index contributed by atoms with van der Waals surface area (Å²) in [4.78, 5) is 0. The molecule has 0 radical (unpaired) electrons. The van der Waals surface area contributed by atoms with Crippen LogP contribution in [-0.2, 0) is 13.0 Å². The first-order valence-electron chi connectivity index (χ1n) is 4.96. The van der Waals surface area contributed by atoms with Crippen LogP contribution in [0.2, 0.25) is 0 Å². The molecule has 1 aromatic carbocycles. The molecular weight excluding hydrogens is 194 g/mol. The zero-order valence-corrected chi connectivity index (χ0v) is 8.85. The van der Waals surface area contributed by atoms with Gasteiger partial charge in [-0.25, -0.2) is 0 Å². The van der Waals surface area contributed by atoms with Crippen LogP contribution in [0, 0.1) is 0 Å². The average molecular weight is 208 g/mol. The first-order chi connectivity index (χ1) is 6.92. The summed E-state index contributed by atoms with van der Waals surface area (Å²) < 4.78 is 0. The summed E-state index contributed by atoms with van der Waals surface area (Å²) in [5, 5.41) is 3.37. The van der Waals surface area contributed by atoms with E-state index in [0.717, 1.165) is 19.5 Å². The normalized spacial score (nSPS) is 15.8. The van der Waals surface area contributed by atoms with E-state index in [2.05, 4.69) is 29.6 Å². The highest BCUT2D eigenvalue weighted by molar-refractivity contribution is 6.19. The highest BCUT2D eigenvalue weighted by Crippen LogP contribution is 2.19. The van der Waals surface area contributed by atoms with Crippen molar-refractivity contribution in [1.82, 2.24) is 5.32 Å². The molecule has 0 aromatic heterocycles. The van der Waals surface area contributed by atoms with Crippen molar-refractivity contribution in [2.45, 2.75) is 13.0 Å². The monoisotopic (exact) mass is 207 g/mol. The summed E-state index contributed by atoms with van der Waals surface area (Å²) in [6.45, 7) is 2.08. The van der Waals surface area contributed by atoms with Crippen LogP contribution in [0.5, 0.6) is 0 Å². The summed E-state index contributed by atoms with van der Waals surface area (Å²) in [6, 6.07) is 6.46. The van der Waals surface area contributed by atoms with Crippen LogP contribution in [0.4, 0.5) is 0 Å². The van der Waals surface area contributed by atoms with E-state index in [0.29, 0.717) is 5.88 Å². The maximum atomic E-state index is 5.64. The van der Waals surface area contributed by atoms with Crippen LogP contribution in [-0.4, -0.2) is 12.4 Å². The fourth-order valence-corrected chi connectivity index (χ4v) is 1.98. The third kappa shape index (κ3) is 1.99. The quantitative estimate of drug-likeness (QED) is 0.736. The van der Waals surface area contributed by atoms with Crippen molar-refractivity contribution in [3.05, 3.63) is 41.0 Å². The van der Waals surface area contributed by atoms with E-state index < -0.39 is 0 Å². The molecule has 74 valence electrons. The smallest absolute Gasteiger partial charge is 0.0407 e. The molecule has 2 heteroatoms. The Hall–Kier alpha value is -0.790. The Morgan fingerprint density at radius 1 is 1.43 bits per heavy atom. The molecule has 0 fully saturated rings. The van der Waals surface area contributed by atoms with Gasteiger partial charge in [0.05, 0.1) is 0 Å². The minimum absolute atomic E-state index is 0.585. The van der Waals surface area contributed by atoms with Gasteiger partial charge in [-0.3, -0.25) is 0 Å². The first kappa shape index (κ1) is 9.75.